The Hall–Kier alpha value is -1.50. The fraction of sp³-hybridized carbons (Fsp3) is 0.500. The topological polar surface area (TPSA) is 56.1 Å². The number of nitrogens with one attached hydrogen (secondary N) is 1. The molecule has 1 aromatic heterocycles. The van der Waals surface area contributed by atoms with E-state index in [9.17, 15) is 13.6 Å². The Morgan fingerprint density at radius 1 is 1.73 bits per heavy atom. The van der Waals surface area contributed by atoms with Crippen LogP contribution in [0, 0.1) is 0 Å². The Morgan fingerprint density at radius 3 is 3.07 bits per heavy atom. The van der Waals surface area contributed by atoms with Crippen LogP contribution in [0.5, 0.6) is 0 Å². The van der Waals surface area contributed by atoms with Crippen molar-refractivity contribution in [2.75, 3.05) is 19.0 Å². The summed E-state index contributed by atoms with van der Waals surface area (Å²) >= 11 is 0. The first kappa shape index (κ1) is 11.6. The molecule has 0 radical (unpaired) electrons. The number of anilines is 1. The van der Waals surface area contributed by atoms with Crippen LogP contribution in [0.2, 0.25) is 0 Å². The van der Waals surface area contributed by atoms with E-state index in [1.807, 2.05) is 5.32 Å². The van der Waals surface area contributed by atoms with Gasteiger partial charge in [0, 0.05) is 13.3 Å². The fourth-order valence-electron chi connectivity index (χ4n) is 0.932. The summed E-state index contributed by atoms with van der Waals surface area (Å²) in [4.78, 5) is 10.6. The number of carbonyl (C=O) groups excluding carboxylic acids is 1. The molecule has 1 heterocycles. The fourth-order valence-corrected chi connectivity index (χ4v) is 0.932. The van der Waals surface area contributed by atoms with Crippen molar-refractivity contribution >= 4 is 11.6 Å². The van der Waals surface area contributed by atoms with Crippen molar-refractivity contribution in [1.82, 2.24) is 9.78 Å². The van der Waals surface area contributed by atoms with Crippen LogP contribution in [0.15, 0.2) is 12.4 Å². The van der Waals surface area contributed by atoms with Crippen LogP contribution >= 0.6 is 0 Å². The number of ether oxygens (including phenoxy) is 1. The third-order valence-electron chi connectivity index (χ3n) is 1.62. The van der Waals surface area contributed by atoms with E-state index in [2.05, 4.69) is 5.10 Å². The zero-order valence-corrected chi connectivity index (χ0v) is 8.11. The van der Waals surface area contributed by atoms with Gasteiger partial charge in [0.1, 0.15) is 0 Å². The number of alkyl halides is 2. The van der Waals surface area contributed by atoms with Crippen LogP contribution < -0.4 is 5.32 Å². The van der Waals surface area contributed by atoms with E-state index >= 15 is 0 Å². The molecule has 5 nitrogen and oxygen atoms in total. The lowest BCUT2D eigenvalue weighted by Gasteiger charge is -2.00. The predicted molar refractivity (Wildman–Crippen MR) is 48.7 cm³/mol. The summed E-state index contributed by atoms with van der Waals surface area (Å²) in [5.41, 5.74) is 0.247. The number of halogens is 2. The van der Waals surface area contributed by atoms with Crippen molar-refractivity contribution in [2.24, 2.45) is 0 Å². The average Bonchev–Trinajstić information content (AvgIpc) is 2.62. The zero-order valence-electron chi connectivity index (χ0n) is 8.11. The van der Waals surface area contributed by atoms with Gasteiger partial charge in [0.15, 0.2) is 0 Å². The minimum atomic E-state index is -3.02. The normalized spacial score (nSPS) is 10.7. The Bertz CT molecular complexity index is 327. The second-order valence-corrected chi connectivity index (χ2v) is 2.77. The second-order valence-electron chi connectivity index (χ2n) is 2.77. The van der Waals surface area contributed by atoms with Crippen molar-refractivity contribution in [3.63, 3.8) is 0 Å². The van der Waals surface area contributed by atoms with E-state index in [1.165, 1.54) is 17.1 Å². The molecule has 1 rings (SSSR count). The van der Waals surface area contributed by atoms with Gasteiger partial charge in [-0.25, -0.2) is 0 Å². The van der Waals surface area contributed by atoms with Crippen LogP contribution in [0.25, 0.3) is 0 Å². The molecule has 0 saturated carbocycles. The number of methoxy groups -OCH3 is 1. The Labute approximate surface area is 85.0 Å². The van der Waals surface area contributed by atoms with Gasteiger partial charge < -0.3 is 10.1 Å². The van der Waals surface area contributed by atoms with Gasteiger partial charge in [-0.05, 0) is 0 Å². The van der Waals surface area contributed by atoms with Crippen molar-refractivity contribution in [3.8, 4) is 0 Å². The van der Waals surface area contributed by atoms with Crippen LogP contribution in [0.1, 0.15) is 0 Å². The molecule has 0 aliphatic carbocycles. The van der Waals surface area contributed by atoms with Crippen LogP contribution in [0.4, 0.5) is 14.5 Å². The van der Waals surface area contributed by atoms with E-state index in [0.717, 1.165) is 0 Å². The van der Waals surface area contributed by atoms with Gasteiger partial charge in [0.25, 0.3) is 5.91 Å². The summed E-state index contributed by atoms with van der Waals surface area (Å²) in [6.45, 7) is 0.963. The summed E-state index contributed by atoms with van der Waals surface area (Å²) < 4.78 is 30.0. The van der Waals surface area contributed by atoms with Gasteiger partial charge in [-0.3, -0.25) is 9.48 Å². The van der Waals surface area contributed by atoms with Crippen molar-refractivity contribution in [1.29, 1.82) is 0 Å². The molecule has 0 bridgehead atoms. The molecule has 0 atom stereocenters. The average molecular weight is 219 g/mol. The molecule has 15 heavy (non-hydrogen) atoms. The monoisotopic (exact) mass is 219 g/mol. The quantitative estimate of drug-likeness (QED) is 0.794. The highest BCUT2D eigenvalue weighted by Crippen LogP contribution is 2.06. The lowest BCUT2D eigenvalue weighted by molar-refractivity contribution is -0.126. The highest BCUT2D eigenvalue weighted by molar-refractivity contribution is 5.92. The molecule has 7 heteroatoms. The molecule has 0 aromatic carbocycles. The van der Waals surface area contributed by atoms with Crippen LogP contribution in [-0.4, -0.2) is 35.8 Å². The second kappa shape index (κ2) is 5.40. The first-order valence-electron chi connectivity index (χ1n) is 4.24. The number of rotatable bonds is 5. The molecular weight excluding hydrogens is 208 g/mol. The third kappa shape index (κ3) is 3.62. The highest BCUT2D eigenvalue weighted by atomic mass is 19.3. The summed E-state index contributed by atoms with van der Waals surface area (Å²) in [6, 6.07) is 0. The van der Waals surface area contributed by atoms with Gasteiger partial charge in [-0.1, -0.05) is 0 Å². The Kier molecular flexibility index (Phi) is 4.17. The van der Waals surface area contributed by atoms with E-state index in [0.29, 0.717) is 13.2 Å². The van der Waals surface area contributed by atoms with Crippen molar-refractivity contribution < 1.29 is 18.3 Å². The van der Waals surface area contributed by atoms with Crippen LogP contribution in [0.3, 0.4) is 0 Å². The van der Waals surface area contributed by atoms with Crippen molar-refractivity contribution in [3.05, 3.63) is 12.4 Å². The first-order chi connectivity index (χ1) is 7.13. The van der Waals surface area contributed by atoms with E-state index in [4.69, 9.17) is 4.74 Å². The first-order valence-corrected chi connectivity index (χ1v) is 4.24. The maximum Gasteiger partial charge on any atom is 0.315 e. The van der Waals surface area contributed by atoms with E-state index in [-0.39, 0.29) is 5.69 Å². The zero-order chi connectivity index (χ0) is 11.3. The minimum Gasteiger partial charge on any atom is -0.383 e. The maximum absolute atomic E-state index is 11.9. The molecule has 0 aliphatic rings. The number of hydrogen-bond donors (Lipinski definition) is 1. The van der Waals surface area contributed by atoms with Crippen LogP contribution in [-0.2, 0) is 16.1 Å². The Morgan fingerprint density at radius 2 is 2.47 bits per heavy atom. The summed E-state index contributed by atoms with van der Waals surface area (Å²) in [5, 5.41) is 5.87. The molecular formula is C8H11F2N3O2. The summed E-state index contributed by atoms with van der Waals surface area (Å²) in [6.07, 6.45) is -0.262. The maximum atomic E-state index is 11.9. The molecule has 0 fully saturated rings. The van der Waals surface area contributed by atoms with Gasteiger partial charge in [-0.15, -0.1) is 0 Å². The van der Waals surface area contributed by atoms with Crippen molar-refractivity contribution in [2.45, 2.75) is 13.0 Å². The standard InChI is InChI=1S/C8H11F2N3O2/c1-15-3-2-13-5-6(4-11-13)12-8(14)7(9)10/h4-5,7H,2-3H2,1H3,(H,12,14). The third-order valence-corrected chi connectivity index (χ3v) is 1.62. The molecule has 0 unspecified atom stereocenters. The highest BCUT2D eigenvalue weighted by Gasteiger charge is 2.15. The number of hydrogen-bond acceptors (Lipinski definition) is 3. The van der Waals surface area contributed by atoms with Gasteiger partial charge in [0.2, 0.25) is 0 Å². The predicted octanol–water partition coefficient (Wildman–Crippen LogP) is 0.733. The lowest BCUT2D eigenvalue weighted by Crippen LogP contribution is -2.19. The summed E-state index contributed by atoms with van der Waals surface area (Å²) in [7, 11) is 1.54. The van der Waals surface area contributed by atoms with Gasteiger partial charge in [-0.2, -0.15) is 13.9 Å². The molecule has 0 saturated heterocycles. The number of amides is 1. The lowest BCUT2D eigenvalue weighted by atomic mass is 10.5. The smallest absolute Gasteiger partial charge is 0.315 e. The molecule has 1 amide bonds. The largest absolute Gasteiger partial charge is 0.383 e. The van der Waals surface area contributed by atoms with E-state index < -0.39 is 12.3 Å². The minimum absolute atomic E-state index is 0.247. The molecule has 1 N–H and O–H groups in total. The molecule has 0 aliphatic heterocycles. The number of carbonyl (C=O) groups is 1. The molecule has 84 valence electrons. The number of aromatic nitrogens is 2. The van der Waals surface area contributed by atoms with Gasteiger partial charge >= 0.3 is 6.43 Å². The molecule has 1 aromatic rings. The van der Waals surface area contributed by atoms with Gasteiger partial charge in [0.05, 0.1) is 25.0 Å². The molecule has 0 spiro atoms. The number of nitrogens with zero attached hydrogens (tertiary/aromatic N) is 2. The SMILES string of the molecule is COCCn1cc(NC(=O)C(F)F)cn1. The van der Waals surface area contributed by atoms with E-state index in [1.54, 1.807) is 7.11 Å². The summed E-state index contributed by atoms with van der Waals surface area (Å²) in [5.74, 6) is -1.33. The Balaban J connectivity index is 2.49.